The minimum absolute atomic E-state index is 0.302. The zero-order valence-corrected chi connectivity index (χ0v) is 13.8. The molecule has 2 aromatic carbocycles. The molecule has 0 spiro atoms. The summed E-state index contributed by atoms with van der Waals surface area (Å²) in [4.78, 5) is 6.74. The first-order valence-corrected chi connectivity index (χ1v) is 8.73. The van der Waals surface area contributed by atoms with Gasteiger partial charge >= 0.3 is 0 Å². The van der Waals surface area contributed by atoms with E-state index in [0.717, 1.165) is 5.17 Å². The summed E-state index contributed by atoms with van der Waals surface area (Å²) in [5.74, 6) is 0. The smallest absolute Gasteiger partial charge is 0.161 e. The highest BCUT2D eigenvalue weighted by Gasteiger charge is 2.32. The van der Waals surface area contributed by atoms with Crippen molar-refractivity contribution in [2.24, 2.45) is 4.99 Å². The average Bonchev–Trinajstić information content (AvgIpc) is 2.56. The van der Waals surface area contributed by atoms with Crippen LogP contribution in [-0.2, 0) is 0 Å². The molecule has 0 aliphatic carbocycles. The Kier molecular flexibility index (Phi) is 4.56. The van der Waals surface area contributed by atoms with Gasteiger partial charge in [0.1, 0.15) is 5.37 Å². The molecule has 2 atom stereocenters. The van der Waals surface area contributed by atoms with E-state index in [0.29, 0.717) is 9.96 Å². The van der Waals surface area contributed by atoms with Crippen LogP contribution >= 0.6 is 23.5 Å². The maximum Gasteiger partial charge on any atom is 0.161 e. The van der Waals surface area contributed by atoms with E-state index < -0.39 is 0 Å². The molecule has 108 valence electrons. The van der Waals surface area contributed by atoms with Crippen molar-refractivity contribution in [1.29, 1.82) is 0 Å². The van der Waals surface area contributed by atoms with E-state index in [4.69, 9.17) is 0 Å². The van der Waals surface area contributed by atoms with Crippen LogP contribution in [-0.4, -0.2) is 24.2 Å². The van der Waals surface area contributed by atoms with E-state index in [1.54, 1.807) is 0 Å². The predicted octanol–water partition coefficient (Wildman–Crippen LogP) is 4.78. The average molecular weight is 314 g/mol. The van der Waals surface area contributed by atoms with Gasteiger partial charge in [0.2, 0.25) is 0 Å². The van der Waals surface area contributed by atoms with Gasteiger partial charge in [-0.1, -0.05) is 72.4 Å². The molecule has 0 radical (unpaired) electrons. The van der Waals surface area contributed by atoms with Crippen molar-refractivity contribution >= 4 is 28.7 Å². The normalized spacial score (nSPS) is 24.3. The Morgan fingerprint density at radius 3 is 2.05 bits per heavy atom. The van der Waals surface area contributed by atoms with Gasteiger partial charge in [-0.25, -0.2) is 0 Å². The summed E-state index contributed by atoms with van der Waals surface area (Å²) in [5, 5.41) is 1.40. The number of hydrogen-bond acceptors (Lipinski definition) is 3. The summed E-state index contributed by atoms with van der Waals surface area (Å²) < 4.78 is 0.381. The predicted molar refractivity (Wildman–Crippen MR) is 94.7 cm³/mol. The number of benzene rings is 2. The monoisotopic (exact) mass is 314 g/mol. The molecule has 0 bridgehead atoms. The van der Waals surface area contributed by atoms with Crippen molar-refractivity contribution in [3.8, 4) is 0 Å². The van der Waals surface area contributed by atoms with Crippen LogP contribution in [0, 0.1) is 0 Å². The lowest BCUT2D eigenvalue weighted by Crippen LogP contribution is -2.31. The fraction of sp³-hybridized carbons (Fsp3) is 0.235. The minimum atomic E-state index is 0.302. The van der Waals surface area contributed by atoms with Gasteiger partial charge in [-0.3, -0.25) is 4.99 Å². The van der Waals surface area contributed by atoms with Crippen LogP contribution in [0.15, 0.2) is 65.7 Å². The maximum atomic E-state index is 4.47. The first-order valence-electron chi connectivity index (χ1n) is 6.91. The van der Waals surface area contributed by atoms with Crippen LogP contribution in [0.1, 0.15) is 21.1 Å². The van der Waals surface area contributed by atoms with Crippen LogP contribution in [0.25, 0.3) is 0 Å². The summed E-state index contributed by atoms with van der Waals surface area (Å²) in [6.07, 6.45) is 0. The first-order chi connectivity index (χ1) is 10.3. The molecule has 3 rings (SSSR count). The number of thioether (sulfide) groups is 2. The molecule has 1 fully saturated rings. The Balaban J connectivity index is 1.93. The molecule has 0 amide bonds. The molecular formula is C17H18N2S2. The van der Waals surface area contributed by atoms with E-state index in [1.807, 2.05) is 30.6 Å². The Morgan fingerprint density at radius 2 is 1.48 bits per heavy atom. The molecule has 0 saturated carbocycles. The second-order valence-corrected chi connectivity index (χ2v) is 7.44. The molecule has 4 heteroatoms. The third-order valence-electron chi connectivity index (χ3n) is 3.47. The Hall–Kier alpha value is -1.39. The van der Waals surface area contributed by atoms with Crippen molar-refractivity contribution in [1.82, 2.24) is 4.90 Å². The topological polar surface area (TPSA) is 15.6 Å². The molecule has 1 heterocycles. The third kappa shape index (κ3) is 3.11. The van der Waals surface area contributed by atoms with Gasteiger partial charge in [-0.05, 0) is 11.1 Å². The second-order valence-electron chi connectivity index (χ2n) is 4.88. The fourth-order valence-corrected chi connectivity index (χ4v) is 5.27. The quantitative estimate of drug-likeness (QED) is 0.793. The highest BCUT2D eigenvalue weighted by atomic mass is 32.2. The number of aliphatic imine (C=N–C) groups is 1. The van der Waals surface area contributed by atoms with Gasteiger partial charge in [0.15, 0.2) is 5.17 Å². The lowest BCUT2D eigenvalue weighted by molar-refractivity contribution is 0.493. The Morgan fingerprint density at radius 1 is 0.905 bits per heavy atom. The number of amidine groups is 1. The standard InChI is InChI=1S/C17H18N2S2/c1-18-17-19(2)15(13-9-5-3-6-10-13)20-16(21-17)14-11-7-4-8-12-14/h3-12,15-16H,1-2H3/t15-,16-/m1/s1. The van der Waals surface area contributed by atoms with Crippen LogP contribution in [0.2, 0.25) is 0 Å². The number of hydrogen-bond donors (Lipinski definition) is 0. The summed E-state index contributed by atoms with van der Waals surface area (Å²) >= 11 is 3.80. The zero-order valence-electron chi connectivity index (χ0n) is 12.1. The van der Waals surface area contributed by atoms with Gasteiger partial charge < -0.3 is 4.90 Å². The molecule has 1 aliphatic heterocycles. The van der Waals surface area contributed by atoms with Gasteiger partial charge in [-0.15, -0.1) is 11.8 Å². The lowest BCUT2D eigenvalue weighted by atomic mass is 10.2. The van der Waals surface area contributed by atoms with Crippen molar-refractivity contribution in [3.63, 3.8) is 0 Å². The van der Waals surface area contributed by atoms with Gasteiger partial charge in [0.05, 0.1) is 4.58 Å². The molecule has 0 unspecified atom stereocenters. The van der Waals surface area contributed by atoms with Crippen molar-refractivity contribution < 1.29 is 0 Å². The molecule has 1 saturated heterocycles. The molecule has 2 aromatic rings. The van der Waals surface area contributed by atoms with Crippen molar-refractivity contribution in [3.05, 3.63) is 71.8 Å². The summed E-state index contributed by atoms with van der Waals surface area (Å²) in [5.41, 5.74) is 2.68. The van der Waals surface area contributed by atoms with Gasteiger partial charge in [-0.2, -0.15) is 0 Å². The second kappa shape index (κ2) is 6.58. The van der Waals surface area contributed by atoms with Crippen molar-refractivity contribution in [2.45, 2.75) is 9.96 Å². The molecule has 1 aliphatic rings. The molecule has 0 N–H and O–H groups in total. The first kappa shape index (κ1) is 14.5. The van der Waals surface area contributed by atoms with Gasteiger partial charge in [0.25, 0.3) is 0 Å². The third-order valence-corrected chi connectivity index (χ3v) is 6.62. The molecule has 21 heavy (non-hydrogen) atoms. The van der Waals surface area contributed by atoms with Crippen LogP contribution < -0.4 is 0 Å². The minimum Gasteiger partial charge on any atom is -0.338 e. The molecular weight excluding hydrogens is 296 g/mol. The highest BCUT2D eigenvalue weighted by molar-refractivity contribution is 8.25. The van der Waals surface area contributed by atoms with E-state index in [9.17, 15) is 0 Å². The molecule has 2 nitrogen and oxygen atoms in total. The summed E-state index contributed by atoms with van der Waals surface area (Å²) in [6.45, 7) is 0. The SMILES string of the molecule is CN=C1S[C@H](c2ccccc2)S[C@H](c2ccccc2)N1C. The Bertz CT molecular complexity index is 613. The number of rotatable bonds is 2. The van der Waals surface area contributed by atoms with E-state index >= 15 is 0 Å². The fourth-order valence-electron chi connectivity index (χ4n) is 2.40. The Labute approximate surface area is 134 Å². The largest absolute Gasteiger partial charge is 0.338 e. The van der Waals surface area contributed by atoms with Crippen LogP contribution in [0.3, 0.4) is 0 Å². The zero-order chi connectivity index (χ0) is 14.7. The highest BCUT2D eigenvalue weighted by Crippen LogP contribution is 2.53. The van der Waals surface area contributed by atoms with E-state index in [1.165, 1.54) is 11.1 Å². The van der Waals surface area contributed by atoms with Crippen LogP contribution in [0.5, 0.6) is 0 Å². The van der Waals surface area contributed by atoms with Crippen molar-refractivity contribution in [2.75, 3.05) is 14.1 Å². The lowest BCUT2D eigenvalue weighted by Gasteiger charge is -2.38. The summed E-state index contributed by atoms with van der Waals surface area (Å²) in [6, 6.07) is 21.3. The van der Waals surface area contributed by atoms with Gasteiger partial charge in [0, 0.05) is 14.1 Å². The molecule has 0 aromatic heterocycles. The number of nitrogens with zero attached hydrogens (tertiary/aromatic N) is 2. The van der Waals surface area contributed by atoms with E-state index in [2.05, 4.69) is 77.6 Å². The maximum absolute atomic E-state index is 4.47. The summed E-state index contributed by atoms with van der Waals surface area (Å²) in [7, 11) is 4.00. The van der Waals surface area contributed by atoms with E-state index in [-0.39, 0.29) is 0 Å². The van der Waals surface area contributed by atoms with Crippen LogP contribution in [0.4, 0.5) is 0 Å².